The Labute approximate surface area is 86.0 Å². The van der Waals surface area contributed by atoms with E-state index in [1.807, 2.05) is 6.07 Å². The number of hydrogen-bond acceptors (Lipinski definition) is 4. The second-order valence-corrected chi connectivity index (χ2v) is 3.33. The van der Waals surface area contributed by atoms with Crippen LogP contribution in [0.3, 0.4) is 0 Å². The highest BCUT2D eigenvalue weighted by molar-refractivity contribution is 6.31. The van der Waals surface area contributed by atoms with Gasteiger partial charge in [0.25, 0.3) is 0 Å². The molecule has 2 rings (SSSR count). The second-order valence-electron chi connectivity index (χ2n) is 2.89. The zero-order chi connectivity index (χ0) is 9.97. The number of nitrogens with one attached hydrogen (secondary N) is 1. The molecule has 1 aromatic heterocycles. The summed E-state index contributed by atoms with van der Waals surface area (Å²) in [6.45, 7) is 1.21. The smallest absolute Gasteiger partial charge is 0.232 e. The maximum Gasteiger partial charge on any atom is 0.232 e. The van der Waals surface area contributed by atoms with E-state index in [0.29, 0.717) is 24.0 Å². The first-order valence-corrected chi connectivity index (χ1v) is 4.68. The number of nitrogens with two attached hydrogens (primary N) is 1. The molecule has 0 atom stereocenters. The molecule has 1 heterocycles. The molecule has 14 heavy (non-hydrogen) atoms. The van der Waals surface area contributed by atoms with Crippen LogP contribution in [0.2, 0.25) is 5.02 Å². The topological polar surface area (TPSA) is 64.1 Å². The van der Waals surface area contributed by atoms with Gasteiger partial charge in [0.2, 0.25) is 5.88 Å². The third kappa shape index (κ3) is 1.66. The molecule has 0 radical (unpaired) electrons. The summed E-state index contributed by atoms with van der Waals surface area (Å²) in [5, 5.41) is 8.48. The summed E-state index contributed by atoms with van der Waals surface area (Å²) in [5.74, 6) is 0.641. The number of halogens is 1. The van der Waals surface area contributed by atoms with Crippen molar-refractivity contribution in [3.63, 3.8) is 0 Å². The van der Waals surface area contributed by atoms with Gasteiger partial charge in [0.05, 0.1) is 5.39 Å². The summed E-state index contributed by atoms with van der Waals surface area (Å²) in [4.78, 5) is 0. The monoisotopic (exact) mass is 211 g/mol. The fraction of sp³-hybridized carbons (Fsp3) is 0.222. The highest BCUT2D eigenvalue weighted by Gasteiger charge is 2.06. The summed E-state index contributed by atoms with van der Waals surface area (Å²) >= 11 is 5.81. The van der Waals surface area contributed by atoms with Crippen molar-refractivity contribution < 1.29 is 4.52 Å². The van der Waals surface area contributed by atoms with E-state index in [-0.39, 0.29) is 0 Å². The van der Waals surface area contributed by atoms with Crippen LogP contribution in [0.4, 0.5) is 5.88 Å². The molecule has 74 valence electrons. The van der Waals surface area contributed by atoms with Crippen LogP contribution < -0.4 is 11.1 Å². The van der Waals surface area contributed by atoms with Gasteiger partial charge in [-0.3, -0.25) is 0 Å². The Morgan fingerprint density at radius 2 is 2.36 bits per heavy atom. The van der Waals surface area contributed by atoms with Gasteiger partial charge in [-0.05, 0) is 18.2 Å². The highest BCUT2D eigenvalue weighted by Crippen LogP contribution is 2.25. The molecule has 2 aromatic rings. The number of rotatable bonds is 3. The zero-order valence-electron chi connectivity index (χ0n) is 7.46. The van der Waals surface area contributed by atoms with Gasteiger partial charge in [0.1, 0.15) is 5.52 Å². The predicted octanol–water partition coefficient (Wildman–Crippen LogP) is 1.85. The number of nitrogens with zero attached hydrogens (tertiary/aromatic N) is 1. The average Bonchev–Trinajstić information content (AvgIpc) is 2.57. The number of hydrogen-bond donors (Lipinski definition) is 2. The standard InChI is InChI=1S/C9H10ClN3O/c10-6-1-2-7-8(5-6)13-14-9(7)12-4-3-11/h1-2,5,12H,3-4,11H2. The molecule has 0 fully saturated rings. The van der Waals surface area contributed by atoms with Crippen molar-refractivity contribution in [3.8, 4) is 0 Å². The lowest BCUT2D eigenvalue weighted by molar-refractivity contribution is 0.441. The lowest BCUT2D eigenvalue weighted by Gasteiger charge is -1.98. The summed E-state index contributed by atoms with van der Waals surface area (Å²) in [5.41, 5.74) is 6.11. The van der Waals surface area contributed by atoms with Gasteiger partial charge in [0, 0.05) is 18.1 Å². The molecule has 0 aliphatic heterocycles. The Hall–Kier alpha value is -1.26. The Bertz CT molecular complexity index is 441. The summed E-state index contributed by atoms with van der Waals surface area (Å²) in [6.07, 6.45) is 0. The molecular formula is C9H10ClN3O. The molecule has 0 aliphatic rings. The van der Waals surface area contributed by atoms with Crippen molar-refractivity contribution in [3.05, 3.63) is 23.2 Å². The van der Waals surface area contributed by atoms with E-state index in [4.69, 9.17) is 21.9 Å². The summed E-state index contributed by atoms with van der Waals surface area (Å²) in [7, 11) is 0. The van der Waals surface area contributed by atoms with Crippen LogP contribution in [0.15, 0.2) is 22.7 Å². The van der Waals surface area contributed by atoms with Crippen LogP contribution in [-0.4, -0.2) is 18.2 Å². The molecule has 5 heteroatoms. The van der Waals surface area contributed by atoms with E-state index in [0.717, 1.165) is 10.9 Å². The molecule has 1 aromatic carbocycles. The molecular weight excluding hydrogens is 202 g/mol. The molecule has 0 bridgehead atoms. The molecule has 0 aliphatic carbocycles. The van der Waals surface area contributed by atoms with E-state index < -0.39 is 0 Å². The quantitative estimate of drug-likeness (QED) is 0.814. The predicted molar refractivity (Wildman–Crippen MR) is 56.6 cm³/mol. The Balaban J connectivity index is 2.37. The molecule has 0 unspecified atom stereocenters. The van der Waals surface area contributed by atoms with E-state index >= 15 is 0 Å². The number of aromatic nitrogens is 1. The summed E-state index contributed by atoms with van der Waals surface area (Å²) < 4.78 is 5.10. The molecule has 4 nitrogen and oxygen atoms in total. The van der Waals surface area contributed by atoms with Gasteiger partial charge in [-0.1, -0.05) is 16.8 Å². The van der Waals surface area contributed by atoms with E-state index in [1.54, 1.807) is 12.1 Å². The second kappa shape index (κ2) is 3.86. The van der Waals surface area contributed by atoms with Crippen molar-refractivity contribution in [2.75, 3.05) is 18.4 Å². The minimum Gasteiger partial charge on any atom is -0.352 e. The maximum atomic E-state index is 5.81. The average molecular weight is 212 g/mol. The molecule has 0 saturated carbocycles. The van der Waals surface area contributed by atoms with Gasteiger partial charge in [-0.15, -0.1) is 0 Å². The summed E-state index contributed by atoms with van der Waals surface area (Å²) in [6, 6.07) is 5.43. The van der Waals surface area contributed by atoms with E-state index in [9.17, 15) is 0 Å². The van der Waals surface area contributed by atoms with Crippen LogP contribution in [0, 0.1) is 0 Å². The number of fused-ring (bicyclic) bond motifs is 1. The van der Waals surface area contributed by atoms with E-state index in [2.05, 4.69) is 10.5 Å². The van der Waals surface area contributed by atoms with Gasteiger partial charge in [-0.25, -0.2) is 0 Å². The largest absolute Gasteiger partial charge is 0.352 e. The Kier molecular flexibility index (Phi) is 2.56. The van der Waals surface area contributed by atoms with Crippen LogP contribution in [0.25, 0.3) is 10.9 Å². The SMILES string of the molecule is NCCNc1onc2cc(Cl)ccc12. The Morgan fingerprint density at radius 3 is 3.14 bits per heavy atom. The first-order chi connectivity index (χ1) is 6.81. The number of anilines is 1. The van der Waals surface area contributed by atoms with Crippen molar-refractivity contribution in [1.82, 2.24) is 5.16 Å². The zero-order valence-corrected chi connectivity index (χ0v) is 8.21. The molecule has 0 spiro atoms. The third-order valence-electron chi connectivity index (χ3n) is 1.87. The van der Waals surface area contributed by atoms with Gasteiger partial charge in [-0.2, -0.15) is 0 Å². The molecule has 0 amide bonds. The lowest BCUT2D eigenvalue weighted by Crippen LogP contribution is -2.12. The van der Waals surface area contributed by atoms with Crippen LogP contribution in [0.1, 0.15) is 0 Å². The minimum atomic E-state index is 0.551. The normalized spacial score (nSPS) is 10.7. The van der Waals surface area contributed by atoms with Crippen molar-refractivity contribution >= 4 is 28.4 Å². The lowest BCUT2D eigenvalue weighted by atomic mass is 10.2. The van der Waals surface area contributed by atoms with Gasteiger partial charge < -0.3 is 15.6 Å². The minimum absolute atomic E-state index is 0.551. The van der Waals surface area contributed by atoms with Crippen molar-refractivity contribution in [1.29, 1.82) is 0 Å². The van der Waals surface area contributed by atoms with Crippen LogP contribution in [0.5, 0.6) is 0 Å². The fourth-order valence-electron chi connectivity index (χ4n) is 1.23. The van der Waals surface area contributed by atoms with Crippen molar-refractivity contribution in [2.45, 2.75) is 0 Å². The first kappa shape index (κ1) is 9.30. The van der Waals surface area contributed by atoms with Gasteiger partial charge in [0.15, 0.2) is 0 Å². The number of benzene rings is 1. The fourth-order valence-corrected chi connectivity index (χ4v) is 1.40. The van der Waals surface area contributed by atoms with E-state index in [1.165, 1.54) is 0 Å². The Morgan fingerprint density at radius 1 is 1.50 bits per heavy atom. The third-order valence-corrected chi connectivity index (χ3v) is 2.10. The van der Waals surface area contributed by atoms with Crippen LogP contribution >= 0.6 is 11.6 Å². The van der Waals surface area contributed by atoms with Crippen molar-refractivity contribution in [2.24, 2.45) is 5.73 Å². The molecule has 3 N–H and O–H groups in total. The first-order valence-electron chi connectivity index (χ1n) is 4.30. The highest BCUT2D eigenvalue weighted by atomic mass is 35.5. The van der Waals surface area contributed by atoms with Gasteiger partial charge >= 0.3 is 0 Å². The van der Waals surface area contributed by atoms with Crippen LogP contribution in [-0.2, 0) is 0 Å². The molecule has 0 saturated heterocycles. The maximum absolute atomic E-state index is 5.81.